The van der Waals surface area contributed by atoms with E-state index in [1.165, 1.54) is 19.1 Å². The maximum absolute atomic E-state index is 13.3. The number of methoxy groups -OCH3 is 1. The third-order valence-electron chi connectivity index (χ3n) is 4.89. The van der Waals surface area contributed by atoms with Gasteiger partial charge in [0.15, 0.2) is 0 Å². The molecule has 1 N–H and O–H groups in total. The van der Waals surface area contributed by atoms with Crippen LogP contribution in [0.4, 0.5) is 5.69 Å². The number of likely N-dealkylation sites (N-methyl/N-ethyl adjacent to an activating group) is 1. The van der Waals surface area contributed by atoms with Gasteiger partial charge in [-0.1, -0.05) is 36.4 Å². The van der Waals surface area contributed by atoms with Crippen LogP contribution in [0.3, 0.4) is 0 Å². The zero-order chi connectivity index (χ0) is 23.2. The van der Waals surface area contributed by atoms with E-state index in [-0.39, 0.29) is 18.1 Å². The molecule has 1 atom stereocenters. The fourth-order valence-corrected chi connectivity index (χ4v) is 4.01. The lowest BCUT2D eigenvalue weighted by Crippen LogP contribution is -2.50. The normalized spacial score (nSPS) is 12.0. The van der Waals surface area contributed by atoms with E-state index in [2.05, 4.69) is 5.32 Å². The molecule has 2 amide bonds. The molecule has 0 heterocycles. The molecule has 0 spiro atoms. The van der Waals surface area contributed by atoms with Crippen LogP contribution < -0.4 is 14.4 Å². The Balaban J connectivity index is 2.44. The average molecular weight is 448 g/mol. The minimum absolute atomic E-state index is 0.164. The quantitative estimate of drug-likeness (QED) is 0.634. The first-order valence-corrected chi connectivity index (χ1v) is 11.6. The van der Waals surface area contributed by atoms with Crippen molar-refractivity contribution in [3.8, 4) is 5.75 Å². The van der Waals surface area contributed by atoms with E-state index in [1.807, 2.05) is 37.3 Å². The van der Waals surface area contributed by atoms with Crippen LogP contribution in [0.25, 0.3) is 0 Å². The summed E-state index contributed by atoms with van der Waals surface area (Å²) in [5.41, 5.74) is 1.91. The number of benzene rings is 2. The summed E-state index contributed by atoms with van der Waals surface area (Å²) >= 11 is 0. The SMILES string of the molecule is CNC(=O)[C@@H](C)N(Cc1ccccc1)C(=O)CN(c1cc(C)ccc1OC)S(C)(=O)=O. The van der Waals surface area contributed by atoms with Crippen LogP contribution in [-0.2, 0) is 26.2 Å². The smallest absolute Gasteiger partial charge is 0.244 e. The predicted molar refractivity (Wildman–Crippen MR) is 120 cm³/mol. The highest BCUT2D eigenvalue weighted by molar-refractivity contribution is 7.92. The van der Waals surface area contributed by atoms with Crippen LogP contribution >= 0.6 is 0 Å². The Morgan fingerprint density at radius 3 is 2.32 bits per heavy atom. The van der Waals surface area contributed by atoms with Crippen LogP contribution in [0.5, 0.6) is 5.75 Å². The number of ether oxygens (including phenoxy) is 1. The largest absolute Gasteiger partial charge is 0.495 e. The third kappa shape index (κ3) is 6.21. The number of carbonyl (C=O) groups excluding carboxylic acids is 2. The Morgan fingerprint density at radius 1 is 1.13 bits per heavy atom. The maximum atomic E-state index is 13.3. The molecule has 0 bridgehead atoms. The zero-order valence-electron chi connectivity index (χ0n) is 18.5. The number of nitrogens with one attached hydrogen (secondary N) is 1. The topological polar surface area (TPSA) is 96.0 Å². The molecule has 0 aliphatic heterocycles. The number of anilines is 1. The molecule has 0 fully saturated rings. The second-order valence-corrected chi connectivity index (χ2v) is 9.15. The highest BCUT2D eigenvalue weighted by Gasteiger charge is 2.30. The van der Waals surface area contributed by atoms with E-state index in [9.17, 15) is 18.0 Å². The van der Waals surface area contributed by atoms with E-state index in [0.29, 0.717) is 5.75 Å². The summed E-state index contributed by atoms with van der Waals surface area (Å²) in [6.07, 6.45) is 1.03. The van der Waals surface area contributed by atoms with Gasteiger partial charge in [-0.2, -0.15) is 0 Å². The Labute approximate surface area is 183 Å². The number of hydrogen-bond donors (Lipinski definition) is 1. The van der Waals surface area contributed by atoms with Crippen molar-refractivity contribution in [1.82, 2.24) is 10.2 Å². The van der Waals surface area contributed by atoms with Gasteiger partial charge in [0.05, 0.1) is 19.1 Å². The monoisotopic (exact) mass is 447 g/mol. The summed E-state index contributed by atoms with van der Waals surface area (Å²) in [5, 5.41) is 2.54. The Bertz CT molecular complexity index is 1020. The van der Waals surface area contributed by atoms with Gasteiger partial charge in [0.2, 0.25) is 21.8 Å². The number of amides is 2. The first-order valence-electron chi connectivity index (χ1n) is 9.75. The van der Waals surface area contributed by atoms with Crippen LogP contribution in [0.2, 0.25) is 0 Å². The molecule has 0 saturated heterocycles. The highest BCUT2D eigenvalue weighted by Crippen LogP contribution is 2.31. The molecule has 2 aromatic rings. The lowest BCUT2D eigenvalue weighted by molar-refractivity contribution is -0.139. The highest BCUT2D eigenvalue weighted by atomic mass is 32.2. The van der Waals surface area contributed by atoms with E-state index in [1.54, 1.807) is 25.1 Å². The molecule has 168 valence electrons. The fourth-order valence-electron chi connectivity index (χ4n) is 3.16. The summed E-state index contributed by atoms with van der Waals surface area (Å²) in [4.78, 5) is 27.0. The van der Waals surface area contributed by atoms with Gasteiger partial charge >= 0.3 is 0 Å². The van der Waals surface area contributed by atoms with Gasteiger partial charge in [-0.15, -0.1) is 0 Å². The Morgan fingerprint density at radius 2 is 1.77 bits per heavy atom. The molecule has 0 radical (unpaired) electrons. The minimum atomic E-state index is -3.81. The molecule has 31 heavy (non-hydrogen) atoms. The standard InChI is InChI=1S/C22H29N3O5S/c1-16-11-12-20(30-4)19(13-16)25(31(5,28)29)15-21(26)24(17(2)22(27)23-3)14-18-9-7-6-8-10-18/h6-13,17H,14-15H2,1-5H3,(H,23,27)/t17-/m1/s1. The second-order valence-electron chi connectivity index (χ2n) is 7.24. The lowest BCUT2D eigenvalue weighted by Gasteiger charge is -2.31. The van der Waals surface area contributed by atoms with Gasteiger partial charge in [-0.3, -0.25) is 13.9 Å². The van der Waals surface area contributed by atoms with Gasteiger partial charge in [-0.25, -0.2) is 8.42 Å². The molecule has 8 nitrogen and oxygen atoms in total. The van der Waals surface area contributed by atoms with Crippen LogP contribution in [0.1, 0.15) is 18.1 Å². The van der Waals surface area contributed by atoms with Gasteiger partial charge < -0.3 is 15.0 Å². The van der Waals surface area contributed by atoms with Crippen molar-refractivity contribution >= 4 is 27.5 Å². The van der Waals surface area contributed by atoms with Crippen molar-refractivity contribution in [2.45, 2.75) is 26.4 Å². The maximum Gasteiger partial charge on any atom is 0.244 e. The van der Waals surface area contributed by atoms with Gasteiger partial charge in [-0.05, 0) is 37.1 Å². The van der Waals surface area contributed by atoms with Gasteiger partial charge in [0.1, 0.15) is 18.3 Å². The predicted octanol–water partition coefficient (Wildman–Crippen LogP) is 1.93. The molecule has 0 aliphatic carbocycles. The Hall–Kier alpha value is -3.07. The first kappa shape index (κ1) is 24.2. The van der Waals surface area contributed by atoms with Crippen molar-refractivity contribution in [2.24, 2.45) is 0 Å². The number of aryl methyl sites for hydroxylation is 1. The van der Waals surface area contributed by atoms with E-state index in [0.717, 1.165) is 21.7 Å². The average Bonchev–Trinajstić information content (AvgIpc) is 2.74. The molecule has 0 aromatic heterocycles. The molecular weight excluding hydrogens is 418 g/mol. The lowest BCUT2D eigenvalue weighted by atomic mass is 10.1. The van der Waals surface area contributed by atoms with Crippen LogP contribution in [-0.4, -0.2) is 58.1 Å². The van der Waals surface area contributed by atoms with Crippen molar-refractivity contribution < 1.29 is 22.7 Å². The van der Waals surface area contributed by atoms with E-state index < -0.39 is 28.5 Å². The second kappa shape index (κ2) is 10.3. The number of sulfonamides is 1. The number of rotatable bonds is 9. The van der Waals surface area contributed by atoms with Crippen molar-refractivity contribution in [1.29, 1.82) is 0 Å². The molecule has 0 aliphatic rings. The van der Waals surface area contributed by atoms with E-state index in [4.69, 9.17) is 4.74 Å². The molecule has 0 unspecified atom stereocenters. The zero-order valence-corrected chi connectivity index (χ0v) is 19.3. The van der Waals surface area contributed by atoms with Crippen LogP contribution in [0, 0.1) is 6.92 Å². The van der Waals surface area contributed by atoms with Crippen molar-refractivity contribution in [3.63, 3.8) is 0 Å². The summed E-state index contributed by atoms with van der Waals surface area (Å²) in [6.45, 7) is 3.13. The van der Waals surface area contributed by atoms with Crippen molar-refractivity contribution in [3.05, 3.63) is 59.7 Å². The van der Waals surface area contributed by atoms with Crippen molar-refractivity contribution in [2.75, 3.05) is 31.3 Å². The van der Waals surface area contributed by atoms with Gasteiger partial charge in [0.25, 0.3) is 0 Å². The number of hydrogen-bond acceptors (Lipinski definition) is 5. The van der Waals surface area contributed by atoms with Gasteiger partial charge in [0, 0.05) is 13.6 Å². The molecule has 2 aromatic carbocycles. The molecule has 0 saturated carbocycles. The molecule has 9 heteroatoms. The number of carbonyl (C=O) groups is 2. The fraction of sp³-hybridized carbons (Fsp3) is 0.364. The molecular formula is C22H29N3O5S. The summed E-state index contributed by atoms with van der Waals surface area (Å²) in [5.74, 6) is -0.518. The summed E-state index contributed by atoms with van der Waals surface area (Å²) in [7, 11) is -0.888. The first-order chi connectivity index (χ1) is 14.6. The summed E-state index contributed by atoms with van der Waals surface area (Å²) < 4.78 is 31.5. The summed E-state index contributed by atoms with van der Waals surface area (Å²) in [6, 6.07) is 13.5. The molecule has 2 rings (SSSR count). The Kier molecular flexibility index (Phi) is 8.04. The number of nitrogens with zero attached hydrogens (tertiary/aromatic N) is 2. The third-order valence-corrected chi connectivity index (χ3v) is 6.02. The van der Waals surface area contributed by atoms with Crippen LogP contribution in [0.15, 0.2) is 48.5 Å². The minimum Gasteiger partial charge on any atom is -0.495 e. The van der Waals surface area contributed by atoms with E-state index >= 15 is 0 Å².